The highest BCUT2D eigenvalue weighted by Gasteiger charge is 1.99. The largest absolute Gasteiger partial charge is 0.258 e. The van der Waals surface area contributed by atoms with Crippen LogP contribution in [0.2, 0.25) is 5.02 Å². The quantitative estimate of drug-likeness (QED) is 0.648. The molecule has 0 fully saturated rings. The Morgan fingerprint density at radius 1 is 1.45 bits per heavy atom. The molecule has 0 saturated heterocycles. The number of nitrogens with one attached hydrogen (secondary N) is 1. The van der Waals surface area contributed by atoms with Crippen molar-refractivity contribution in [1.29, 1.82) is 0 Å². The third kappa shape index (κ3) is 1.95. The first-order chi connectivity index (χ1) is 5.25. The average molecular weight is 169 g/mol. The van der Waals surface area contributed by atoms with E-state index in [4.69, 9.17) is 17.3 Å². The van der Waals surface area contributed by atoms with Crippen LogP contribution in [0.5, 0.6) is 0 Å². The molecule has 1 aromatic carbocycles. The van der Waals surface area contributed by atoms with Crippen LogP contribution in [0.15, 0.2) is 18.2 Å². The van der Waals surface area contributed by atoms with Crippen LogP contribution in [-0.4, -0.2) is 6.54 Å². The maximum absolute atomic E-state index is 7.06. The van der Waals surface area contributed by atoms with Crippen molar-refractivity contribution in [2.45, 2.75) is 13.3 Å². The van der Waals surface area contributed by atoms with E-state index in [2.05, 4.69) is 0 Å². The van der Waals surface area contributed by atoms with Crippen LogP contribution in [-0.2, 0) is 6.42 Å². The molecule has 0 saturated carbocycles. The molecule has 0 aromatic heterocycles. The molecule has 1 nitrogen and oxygen atoms in total. The first-order valence-corrected chi connectivity index (χ1v) is 4.02. The van der Waals surface area contributed by atoms with Gasteiger partial charge in [-0.15, -0.1) is 0 Å². The zero-order valence-corrected chi connectivity index (χ0v) is 7.28. The van der Waals surface area contributed by atoms with Crippen LogP contribution in [0.4, 0.5) is 0 Å². The van der Waals surface area contributed by atoms with Crippen molar-refractivity contribution >= 4 is 11.6 Å². The molecule has 0 heterocycles. The molecule has 1 N–H and O–H groups in total. The van der Waals surface area contributed by atoms with Gasteiger partial charge in [0.05, 0.1) is 0 Å². The van der Waals surface area contributed by atoms with Crippen molar-refractivity contribution in [2.75, 3.05) is 6.54 Å². The van der Waals surface area contributed by atoms with E-state index in [1.165, 1.54) is 5.56 Å². The van der Waals surface area contributed by atoms with Gasteiger partial charge in [0.2, 0.25) is 0 Å². The number of hydrogen-bond donors (Lipinski definition) is 0. The van der Waals surface area contributed by atoms with Crippen molar-refractivity contribution < 1.29 is 0 Å². The third-order valence-corrected chi connectivity index (χ3v) is 2.18. The summed E-state index contributed by atoms with van der Waals surface area (Å²) in [7, 11) is 0. The van der Waals surface area contributed by atoms with Crippen molar-refractivity contribution in [3.63, 3.8) is 0 Å². The molecule has 1 rings (SSSR count). The molecule has 2 heteroatoms. The molecule has 1 aromatic rings. The zero-order valence-electron chi connectivity index (χ0n) is 6.52. The number of benzene rings is 1. The van der Waals surface area contributed by atoms with Gasteiger partial charge in [-0.05, 0) is 30.5 Å². The van der Waals surface area contributed by atoms with E-state index in [0.717, 1.165) is 17.0 Å². The van der Waals surface area contributed by atoms with Crippen LogP contribution in [0.1, 0.15) is 11.1 Å². The number of hydrogen-bond acceptors (Lipinski definition) is 0. The van der Waals surface area contributed by atoms with Gasteiger partial charge in [0.15, 0.2) is 0 Å². The van der Waals surface area contributed by atoms with E-state index in [0.29, 0.717) is 6.54 Å². The van der Waals surface area contributed by atoms with Crippen LogP contribution >= 0.6 is 11.6 Å². The summed E-state index contributed by atoms with van der Waals surface area (Å²) in [6.07, 6.45) is 0.798. The molecule has 0 amide bonds. The van der Waals surface area contributed by atoms with Gasteiger partial charge in [0.1, 0.15) is 0 Å². The van der Waals surface area contributed by atoms with Gasteiger partial charge in [-0.1, -0.05) is 23.7 Å². The highest BCUT2D eigenvalue weighted by molar-refractivity contribution is 6.31. The monoisotopic (exact) mass is 168 g/mol. The highest BCUT2D eigenvalue weighted by Crippen LogP contribution is 2.18. The standard InChI is InChI=1S/C9H11ClN/c1-7-8(5-6-11)3-2-4-9(7)10/h2-4,11H,5-6H2,1H3. The van der Waals surface area contributed by atoms with Crippen LogP contribution in [0, 0.1) is 6.92 Å². The summed E-state index contributed by atoms with van der Waals surface area (Å²) < 4.78 is 0. The predicted octanol–water partition coefficient (Wildman–Crippen LogP) is 2.47. The molecular weight excluding hydrogens is 158 g/mol. The summed E-state index contributed by atoms with van der Waals surface area (Å²) in [5.74, 6) is 0. The molecule has 0 spiro atoms. The van der Waals surface area contributed by atoms with Crippen molar-refractivity contribution in [1.82, 2.24) is 5.73 Å². The smallest absolute Gasteiger partial charge is 0.0437 e. The molecule has 0 aliphatic rings. The fourth-order valence-electron chi connectivity index (χ4n) is 1.06. The van der Waals surface area contributed by atoms with E-state index >= 15 is 0 Å². The Labute approximate surface area is 72.2 Å². The topological polar surface area (TPSA) is 23.8 Å². The molecule has 0 bridgehead atoms. The minimum absolute atomic E-state index is 0.432. The summed E-state index contributed by atoms with van der Waals surface area (Å²) in [5, 5.41) is 0.802. The molecule has 59 valence electrons. The number of rotatable bonds is 2. The van der Waals surface area contributed by atoms with Crippen LogP contribution < -0.4 is 5.73 Å². The van der Waals surface area contributed by atoms with Gasteiger partial charge in [0.25, 0.3) is 0 Å². The van der Waals surface area contributed by atoms with E-state index in [1.54, 1.807) is 0 Å². The minimum Gasteiger partial charge on any atom is -0.258 e. The zero-order chi connectivity index (χ0) is 8.27. The summed E-state index contributed by atoms with van der Waals surface area (Å²) in [5.41, 5.74) is 9.36. The fourth-order valence-corrected chi connectivity index (χ4v) is 1.25. The Bertz CT molecular complexity index is 245. The molecule has 0 unspecified atom stereocenters. The van der Waals surface area contributed by atoms with Crippen molar-refractivity contribution in [2.24, 2.45) is 0 Å². The van der Waals surface area contributed by atoms with E-state index in [9.17, 15) is 0 Å². The van der Waals surface area contributed by atoms with Gasteiger partial charge in [-0.3, -0.25) is 5.73 Å². The summed E-state index contributed by atoms with van der Waals surface area (Å²) in [6, 6.07) is 5.83. The maximum atomic E-state index is 7.06. The first-order valence-electron chi connectivity index (χ1n) is 3.64. The van der Waals surface area contributed by atoms with E-state index < -0.39 is 0 Å². The Kier molecular flexibility index (Phi) is 2.92. The SMILES string of the molecule is Cc1c(Cl)cccc1CC[NH]. The second kappa shape index (κ2) is 3.74. The maximum Gasteiger partial charge on any atom is 0.0437 e. The lowest BCUT2D eigenvalue weighted by Crippen LogP contribution is -1.95. The van der Waals surface area contributed by atoms with Gasteiger partial charge < -0.3 is 0 Å². The summed E-state index contributed by atoms with van der Waals surface area (Å²) in [4.78, 5) is 0. The fraction of sp³-hybridized carbons (Fsp3) is 0.333. The average Bonchev–Trinajstić information content (AvgIpc) is 1.99. The molecule has 0 aliphatic heterocycles. The highest BCUT2D eigenvalue weighted by atomic mass is 35.5. The van der Waals surface area contributed by atoms with Crippen molar-refractivity contribution in [3.8, 4) is 0 Å². The van der Waals surface area contributed by atoms with E-state index in [1.807, 2.05) is 25.1 Å². The molecule has 0 atom stereocenters. The van der Waals surface area contributed by atoms with Crippen LogP contribution in [0.25, 0.3) is 0 Å². The lowest BCUT2D eigenvalue weighted by molar-refractivity contribution is 0.932. The Balaban J connectivity index is 2.96. The summed E-state index contributed by atoms with van der Waals surface area (Å²) >= 11 is 5.89. The molecular formula is C9H11ClN. The van der Waals surface area contributed by atoms with Gasteiger partial charge in [-0.2, -0.15) is 0 Å². The molecule has 1 radical (unpaired) electrons. The lowest BCUT2D eigenvalue weighted by Gasteiger charge is -2.04. The molecule has 11 heavy (non-hydrogen) atoms. The minimum atomic E-state index is 0.432. The molecule has 0 aliphatic carbocycles. The van der Waals surface area contributed by atoms with Crippen LogP contribution in [0.3, 0.4) is 0 Å². The Morgan fingerprint density at radius 3 is 2.82 bits per heavy atom. The van der Waals surface area contributed by atoms with Gasteiger partial charge in [-0.25, -0.2) is 0 Å². The Morgan fingerprint density at radius 2 is 2.18 bits per heavy atom. The Hall–Kier alpha value is -0.530. The lowest BCUT2D eigenvalue weighted by atomic mass is 10.1. The second-order valence-electron chi connectivity index (χ2n) is 2.52. The third-order valence-electron chi connectivity index (χ3n) is 1.77. The van der Waals surface area contributed by atoms with Crippen molar-refractivity contribution in [3.05, 3.63) is 34.3 Å². The van der Waals surface area contributed by atoms with Gasteiger partial charge >= 0.3 is 0 Å². The summed E-state index contributed by atoms with van der Waals surface area (Å²) in [6.45, 7) is 2.43. The normalized spacial score (nSPS) is 10.1. The second-order valence-corrected chi connectivity index (χ2v) is 2.93. The predicted molar refractivity (Wildman–Crippen MR) is 47.9 cm³/mol. The first kappa shape index (κ1) is 8.57. The van der Waals surface area contributed by atoms with Gasteiger partial charge in [0, 0.05) is 11.6 Å². The van der Waals surface area contributed by atoms with E-state index in [-0.39, 0.29) is 0 Å². The number of halogens is 1.